The molecule has 2 unspecified atom stereocenters. The number of carbonyl (C=O) groups excluding carboxylic acids is 2. The molecular weight excluding hydrogens is 344 g/mol. The fourth-order valence-corrected chi connectivity index (χ4v) is 3.43. The van der Waals surface area contributed by atoms with Crippen LogP contribution in [0.2, 0.25) is 0 Å². The number of rotatable bonds is 9. The van der Waals surface area contributed by atoms with Gasteiger partial charge in [0.1, 0.15) is 12.2 Å². The topological polar surface area (TPSA) is 59.1 Å². The Hall–Kier alpha value is -1.46. The smallest absolute Gasteiger partial charge is 0.410 e. The van der Waals surface area contributed by atoms with E-state index in [-0.39, 0.29) is 42.3 Å². The summed E-state index contributed by atoms with van der Waals surface area (Å²) in [5.74, 6) is 0.0272. The highest BCUT2D eigenvalue weighted by Crippen LogP contribution is 2.21. The molecule has 0 bridgehead atoms. The van der Waals surface area contributed by atoms with Crippen molar-refractivity contribution in [2.75, 3.05) is 0 Å². The van der Waals surface area contributed by atoms with Crippen molar-refractivity contribution in [3.63, 3.8) is 0 Å². The molecule has 0 aliphatic carbocycles. The van der Waals surface area contributed by atoms with Crippen molar-refractivity contribution < 1.29 is 19.1 Å². The maximum absolute atomic E-state index is 12.8. The molecular formula is C21H42N2O4. The summed E-state index contributed by atoms with van der Waals surface area (Å²) < 4.78 is 11.6. The van der Waals surface area contributed by atoms with Crippen LogP contribution in [0.25, 0.3) is 0 Å². The Kier molecular flexibility index (Phi) is 10.8. The van der Waals surface area contributed by atoms with E-state index in [0.717, 1.165) is 0 Å². The van der Waals surface area contributed by atoms with Crippen LogP contribution >= 0.6 is 0 Å². The first-order valence-electron chi connectivity index (χ1n) is 10.3. The summed E-state index contributed by atoms with van der Waals surface area (Å²) in [4.78, 5) is 28.9. The molecule has 0 rings (SSSR count). The molecule has 0 spiro atoms. The Morgan fingerprint density at radius 3 is 1.26 bits per heavy atom. The van der Waals surface area contributed by atoms with Crippen LogP contribution in [0.3, 0.4) is 0 Å². The largest absolute Gasteiger partial charge is 0.442 e. The first-order valence-corrected chi connectivity index (χ1v) is 10.3. The minimum Gasteiger partial charge on any atom is -0.442 e. The van der Waals surface area contributed by atoms with Crippen molar-refractivity contribution in [3.8, 4) is 0 Å². The van der Waals surface area contributed by atoms with Gasteiger partial charge in [0.25, 0.3) is 0 Å². The maximum atomic E-state index is 12.8. The minimum atomic E-state index is -0.493. The summed E-state index contributed by atoms with van der Waals surface area (Å²) in [7, 11) is 0. The standard InChI is InChI=1S/C21H42N2O4/c1-12-18(26-20(24)22(14(4)5)15(6)7)19(13(2)3)27-21(25)23(16(8)9)17(10)11/h13-19H,12H2,1-11H3. The summed E-state index contributed by atoms with van der Waals surface area (Å²) in [5, 5.41) is 0. The third-order valence-corrected chi connectivity index (χ3v) is 4.56. The Labute approximate surface area is 166 Å². The molecule has 2 amide bonds. The van der Waals surface area contributed by atoms with E-state index in [2.05, 4.69) is 0 Å². The highest BCUT2D eigenvalue weighted by atomic mass is 16.6. The predicted molar refractivity (Wildman–Crippen MR) is 110 cm³/mol. The number of amides is 2. The normalized spacial score (nSPS) is 14.1. The van der Waals surface area contributed by atoms with Gasteiger partial charge in [-0.2, -0.15) is 0 Å². The van der Waals surface area contributed by atoms with Crippen LogP contribution in [0, 0.1) is 5.92 Å². The minimum absolute atomic E-state index is 0.0272. The molecule has 160 valence electrons. The van der Waals surface area contributed by atoms with Crippen LogP contribution in [0.15, 0.2) is 0 Å². The number of carbonyl (C=O) groups is 2. The van der Waals surface area contributed by atoms with Gasteiger partial charge in [0.15, 0.2) is 0 Å². The third-order valence-electron chi connectivity index (χ3n) is 4.56. The number of ether oxygens (including phenoxy) is 2. The monoisotopic (exact) mass is 386 g/mol. The van der Waals surface area contributed by atoms with E-state index in [9.17, 15) is 9.59 Å². The molecule has 0 aromatic rings. The van der Waals surface area contributed by atoms with Crippen molar-refractivity contribution >= 4 is 12.2 Å². The first kappa shape index (κ1) is 25.5. The van der Waals surface area contributed by atoms with Crippen LogP contribution in [0.5, 0.6) is 0 Å². The highest BCUT2D eigenvalue weighted by Gasteiger charge is 2.34. The molecule has 0 saturated carbocycles. The maximum Gasteiger partial charge on any atom is 0.410 e. The summed E-state index contributed by atoms with van der Waals surface area (Å²) in [6.45, 7) is 21.6. The molecule has 0 radical (unpaired) electrons. The van der Waals surface area contributed by atoms with Crippen LogP contribution in [0.4, 0.5) is 9.59 Å². The van der Waals surface area contributed by atoms with Gasteiger partial charge in [0.05, 0.1) is 0 Å². The van der Waals surface area contributed by atoms with Gasteiger partial charge in [-0.1, -0.05) is 20.8 Å². The van der Waals surface area contributed by atoms with Crippen molar-refractivity contribution in [2.24, 2.45) is 5.92 Å². The van der Waals surface area contributed by atoms with E-state index >= 15 is 0 Å². The second-order valence-corrected chi connectivity index (χ2v) is 8.61. The van der Waals surface area contributed by atoms with E-state index in [1.807, 2.05) is 76.2 Å². The van der Waals surface area contributed by atoms with E-state index in [0.29, 0.717) is 6.42 Å². The average molecular weight is 387 g/mol. The Bertz CT molecular complexity index is 445. The van der Waals surface area contributed by atoms with E-state index in [4.69, 9.17) is 9.47 Å². The third kappa shape index (κ3) is 7.59. The molecule has 6 nitrogen and oxygen atoms in total. The average Bonchev–Trinajstić information content (AvgIpc) is 2.48. The molecule has 0 aromatic heterocycles. The number of hydrogen-bond acceptors (Lipinski definition) is 4. The van der Waals surface area contributed by atoms with Gasteiger partial charge < -0.3 is 19.3 Å². The SMILES string of the molecule is CCC(OC(=O)N(C(C)C)C(C)C)C(OC(=O)N(C(C)C)C(C)C)C(C)C. The highest BCUT2D eigenvalue weighted by molar-refractivity contribution is 5.69. The van der Waals surface area contributed by atoms with Crippen LogP contribution in [-0.4, -0.2) is 58.4 Å². The molecule has 0 N–H and O–H groups in total. The molecule has 0 fully saturated rings. The molecule has 0 heterocycles. The zero-order chi connectivity index (χ0) is 21.5. The molecule has 27 heavy (non-hydrogen) atoms. The van der Waals surface area contributed by atoms with Gasteiger partial charge in [0, 0.05) is 24.2 Å². The zero-order valence-electron chi connectivity index (χ0n) is 19.3. The van der Waals surface area contributed by atoms with Crippen molar-refractivity contribution in [2.45, 2.75) is 119 Å². The molecule has 0 aliphatic rings. The quantitative estimate of drug-likeness (QED) is 0.539. The Morgan fingerprint density at radius 1 is 0.667 bits per heavy atom. The summed E-state index contributed by atoms with van der Waals surface area (Å²) in [5.41, 5.74) is 0. The number of hydrogen-bond donors (Lipinski definition) is 0. The van der Waals surface area contributed by atoms with Gasteiger partial charge in [-0.3, -0.25) is 0 Å². The first-order chi connectivity index (χ1) is 12.3. The number of nitrogens with zero attached hydrogens (tertiary/aromatic N) is 2. The zero-order valence-corrected chi connectivity index (χ0v) is 19.3. The van der Waals surface area contributed by atoms with Crippen LogP contribution in [-0.2, 0) is 9.47 Å². The fourth-order valence-electron chi connectivity index (χ4n) is 3.43. The Balaban J connectivity index is 5.40. The summed E-state index contributed by atoms with van der Waals surface area (Å²) in [6, 6.07) is 0.135. The lowest BCUT2D eigenvalue weighted by atomic mass is 10.00. The van der Waals surface area contributed by atoms with Gasteiger partial charge in [-0.05, 0) is 67.7 Å². The lowest BCUT2D eigenvalue weighted by Gasteiger charge is -2.36. The van der Waals surface area contributed by atoms with Gasteiger partial charge in [0.2, 0.25) is 0 Å². The fraction of sp³-hybridized carbons (Fsp3) is 0.905. The van der Waals surface area contributed by atoms with Crippen molar-refractivity contribution in [1.29, 1.82) is 0 Å². The lowest BCUT2D eigenvalue weighted by Crippen LogP contribution is -2.49. The van der Waals surface area contributed by atoms with E-state index in [1.54, 1.807) is 9.80 Å². The van der Waals surface area contributed by atoms with Gasteiger partial charge >= 0.3 is 12.2 Å². The van der Waals surface area contributed by atoms with E-state index in [1.165, 1.54) is 0 Å². The van der Waals surface area contributed by atoms with Crippen LogP contribution in [0.1, 0.15) is 82.6 Å². The molecule has 0 aliphatic heterocycles. The lowest BCUT2D eigenvalue weighted by molar-refractivity contribution is -0.0573. The second-order valence-electron chi connectivity index (χ2n) is 8.61. The van der Waals surface area contributed by atoms with Crippen molar-refractivity contribution in [3.05, 3.63) is 0 Å². The molecule has 6 heteroatoms. The summed E-state index contributed by atoms with van der Waals surface area (Å²) >= 11 is 0. The van der Waals surface area contributed by atoms with Crippen LogP contribution < -0.4 is 0 Å². The molecule has 0 aromatic carbocycles. The van der Waals surface area contributed by atoms with Gasteiger partial charge in [-0.25, -0.2) is 9.59 Å². The Morgan fingerprint density at radius 2 is 1.00 bits per heavy atom. The van der Waals surface area contributed by atoms with E-state index < -0.39 is 12.2 Å². The summed E-state index contributed by atoms with van der Waals surface area (Å²) in [6.07, 6.45) is -1.12. The van der Waals surface area contributed by atoms with Crippen molar-refractivity contribution in [1.82, 2.24) is 9.80 Å². The second kappa shape index (κ2) is 11.4. The predicted octanol–water partition coefficient (Wildman–Crippen LogP) is 5.30. The molecule has 0 saturated heterocycles. The molecule has 2 atom stereocenters. The van der Waals surface area contributed by atoms with Gasteiger partial charge in [-0.15, -0.1) is 0 Å².